The summed E-state index contributed by atoms with van der Waals surface area (Å²) in [6.07, 6.45) is 19.6. The Bertz CT molecular complexity index is 456. The molecule has 0 heteroatoms. The molecule has 0 spiro atoms. The molecule has 0 aromatic rings. The fraction of sp³-hybridized carbons (Fsp3) is 0.333. The molecule has 1 aliphatic rings. The molecule has 1 rings (SSSR count). The SMILES string of the molecule is C/C=C\C(=C/C=C(C)C)C1=CC=CC(C)(C)C=C1. The van der Waals surface area contributed by atoms with Crippen molar-refractivity contribution in [2.75, 3.05) is 0 Å². The van der Waals surface area contributed by atoms with E-state index in [4.69, 9.17) is 0 Å². The topological polar surface area (TPSA) is 0 Å². The van der Waals surface area contributed by atoms with Crippen molar-refractivity contribution in [2.24, 2.45) is 5.41 Å². The Morgan fingerprint density at radius 1 is 1.11 bits per heavy atom. The van der Waals surface area contributed by atoms with Crippen molar-refractivity contribution in [3.8, 4) is 0 Å². The van der Waals surface area contributed by atoms with Crippen LogP contribution in [0.5, 0.6) is 0 Å². The van der Waals surface area contributed by atoms with E-state index in [2.05, 4.69) is 89.3 Å². The molecule has 0 heterocycles. The molecule has 0 saturated heterocycles. The van der Waals surface area contributed by atoms with Crippen LogP contribution in [-0.4, -0.2) is 0 Å². The summed E-state index contributed by atoms with van der Waals surface area (Å²) in [6.45, 7) is 10.7. The number of hydrogen-bond acceptors (Lipinski definition) is 0. The van der Waals surface area contributed by atoms with Crippen LogP contribution in [0.2, 0.25) is 0 Å². The predicted molar refractivity (Wildman–Crippen MR) is 82.5 cm³/mol. The first-order valence-electron chi connectivity index (χ1n) is 6.51. The highest BCUT2D eigenvalue weighted by molar-refractivity contribution is 5.51. The zero-order chi connectivity index (χ0) is 13.6. The lowest BCUT2D eigenvalue weighted by Crippen LogP contribution is -2.00. The lowest BCUT2D eigenvalue weighted by Gasteiger charge is -2.12. The molecule has 0 saturated carbocycles. The second kappa shape index (κ2) is 6.39. The minimum absolute atomic E-state index is 0.135. The highest BCUT2D eigenvalue weighted by Gasteiger charge is 2.11. The van der Waals surface area contributed by atoms with Crippen LogP contribution in [0, 0.1) is 5.41 Å². The standard InChI is InChI=1S/C18H24/c1-6-8-16(11-10-15(2)3)17-9-7-13-18(4,5)14-12-17/h6-14H,1-5H3/b8-6-,16-11+. The van der Waals surface area contributed by atoms with Crippen molar-refractivity contribution in [3.05, 3.63) is 71.4 Å². The van der Waals surface area contributed by atoms with Gasteiger partial charge >= 0.3 is 0 Å². The van der Waals surface area contributed by atoms with Crippen LogP contribution >= 0.6 is 0 Å². The molecule has 0 aromatic carbocycles. The summed E-state index contributed by atoms with van der Waals surface area (Å²) in [5, 5.41) is 0. The van der Waals surface area contributed by atoms with Crippen LogP contribution in [0.25, 0.3) is 0 Å². The van der Waals surface area contributed by atoms with Gasteiger partial charge in [-0.3, -0.25) is 0 Å². The van der Waals surface area contributed by atoms with Gasteiger partial charge in [-0.15, -0.1) is 0 Å². The van der Waals surface area contributed by atoms with Gasteiger partial charge in [0, 0.05) is 5.41 Å². The molecule has 0 aliphatic heterocycles. The van der Waals surface area contributed by atoms with E-state index in [0.29, 0.717) is 0 Å². The van der Waals surface area contributed by atoms with Crippen LogP contribution in [0.4, 0.5) is 0 Å². The smallest absolute Gasteiger partial charge is 0.00109 e. The molecule has 0 bridgehead atoms. The van der Waals surface area contributed by atoms with E-state index >= 15 is 0 Å². The average Bonchev–Trinajstić information content (AvgIpc) is 2.45. The molecule has 1 aliphatic carbocycles. The van der Waals surface area contributed by atoms with Gasteiger partial charge in [0.1, 0.15) is 0 Å². The third-order valence-electron chi connectivity index (χ3n) is 2.77. The fourth-order valence-electron chi connectivity index (χ4n) is 1.69. The quantitative estimate of drug-likeness (QED) is 0.569. The molecular formula is C18H24. The van der Waals surface area contributed by atoms with Gasteiger partial charge in [-0.05, 0) is 31.9 Å². The second-order valence-corrected chi connectivity index (χ2v) is 5.50. The third-order valence-corrected chi connectivity index (χ3v) is 2.77. The summed E-state index contributed by atoms with van der Waals surface area (Å²) >= 11 is 0. The molecule has 0 amide bonds. The summed E-state index contributed by atoms with van der Waals surface area (Å²) in [6, 6.07) is 0. The predicted octanol–water partition coefficient (Wildman–Crippen LogP) is 5.53. The molecule has 0 aromatic heterocycles. The minimum atomic E-state index is 0.135. The van der Waals surface area contributed by atoms with Gasteiger partial charge < -0.3 is 0 Å². The van der Waals surface area contributed by atoms with Gasteiger partial charge in [-0.1, -0.05) is 74.1 Å². The number of rotatable bonds is 3. The maximum absolute atomic E-state index is 2.25. The summed E-state index contributed by atoms with van der Waals surface area (Å²) in [5.41, 5.74) is 3.95. The summed E-state index contributed by atoms with van der Waals surface area (Å²) in [5.74, 6) is 0. The minimum Gasteiger partial charge on any atom is -0.0870 e. The first-order valence-corrected chi connectivity index (χ1v) is 6.51. The summed E-state index contributed by atoms with van der Waals surface area (Å²) in [4.78, 5) is 0. The molecule has 18 heavy (non-hydrogen) atoms. The molecule has 0 fully saturated rings. The van der Waals surface area contributed by atoms with Crippen molar-refractivity contribution in [1.29, 1.82) is 0 Å². The van der Waals surface area contributed by atoms with Gasteiger partial charge in [0.05, 0.1) is 0 Å². The normalized spacial score (nSPS) is 18.7. The van der Waals surface area contributed by atoms with E-state index in [1.54, 1.807) is 0 Å². The molecule has 96 valence electrons. The van der Waals surface area contributed by atoms with E-state index in [9.17, 15) is 0 Å². The molecule has 0 radical (unpaired) electrons. The van der Waals surface area contributed by atoms with Crippen molar-refractivity contribution in [2.45, 2.75) is 34.6 Å². The van der Waals surface area contributed by atoms with Crippen LogP contribution in [0.15, 0.2) is 71.4 Å². The monoisotopic (exact) mass is 240 g/mol. The first-order chi connectivity index (χ1) is 8.44. The maximum Gasteiger partial charge on any atom is 0.00109 e. The van der Waals surface area contributed by atoms with Crippen molar-refractivity contribution >= 4 is 0 Å². The largest absolute Gasteiger partial charge is 0.0870 e. The van der Waals surface area contributed by atoms with E-state index in [1.807, 2.05) is 0 Å². The Kier molecular flexibility index (Phi) is 5.15. The van der Waals surface area contributed by atoms with E-state index in [0.717, 1.165) is 0 Å². The molecule has 0 N–H and O–H groups in total. The van der Waals surface area contributed by atoms with Gasteiger partial charge in [0.15, 0.2) is 0 Å². The Morgan fingerprint density at radius 2 is 1.83 bits per heavy atom. The van der Waals surface area contributed by atoms with E-state index < -0.39 is 0 Å². The zero-order valence-electron chi connectivity index (χ0n) is 12.2. The summed E-state index contributed by atoms with van der Waals surface area (Å²) < 4.78 is 0. The first kappa shape index (κ1) is 14.5. The Balaban J connectivity index is 3.10. The van der Waals surface area contributed by atoms with Crippen molar-refractivity contribution in [1.82, 2.24) is 0 Å². The number of hydrogen-bond donors (Lipinski definition) is 0. The van der Waals surface area contributed by atoms with Gasteiger partial charge in [0.2, 0.25) is 0 Å². The highest BCUT2D eigenvalue weighted by Crippen LogP contribution is 2.25. The van der Waals surface area contributed by atoms with Crippen LogP contribution < -0.4 is 0 Å². The Hall–Kier alpha value is -1.56. The van der Waals surface area contributed by atoms with Crippen LogP contribution in [0.1, 0.15) is 34.6 Å². The molecular weight excluding hydrogens is 216 g/mol. The Morgan fingerprint density at radius 3 is 2.44 bits per heavy atom. The fourth-order valence-corrected chi connectivity index (χ4v) is 1.69. The highest BCUT2D eigenvalue weighted by atomic mass is 14.2. The van der Waals surface area contributed by atoms with Gasteiger partial charge in [-0.2, -0.15) is 0 Å². The third kappa shape index (κ3) is 4.75. The van der Waals surface area contributed by atoms with Gasteiger partial charge in [0.25, 0.3) is 0 Å². The second-order valence-electron chi connectivity index (χ2n) is 5.50. The van der Waals surface area contributed by atoms with Crippen LogP contribution in [-0.2, 0) is 0 Å². The number of allylic oxidation sites excluding steroid dienone is 12. The average molecular weight is 240 g/mol. The van der Waals surface area contributed by atoms with Gasteiger partial charge in [-0.25, -0.2) is 0 Å². The summed E-state index contributed by atoms with van der Waals surface area (Å²) in [7, 11) is 0. The van der Waals surface area contributed by atoms with E-state index in [1.165, 1.54) is 16.7 Å². The zero-order valence-corrected chi connectivity index (χ0v) is 12.2. The maximum atomic E-state index is 2.25. The molecule has 0 nitrogen and oxygen atoms in total. The van der Waals surface area contributed by atoms with E-state index in [-0.39, 0.29) is 5.41 Å². The van der Waals surface area contributed by atoms with Crippen LogP contribution in [0.3, 0.4) is 0 Å². The van der Waals surface area contributed by atoms with Crippen molar-refractivity contribution < 1.29 is 0 Å². The molecule has 0 unspecified atom stereocenters. The van der Waals surface area contributed by atoms with Crippen molar-refractivity contribution in [3.63, 3.8) is 0 Å². The lowest BCUT2D eigenvalue weighted by molar-refractivity contribution is 0.627. The lowest BCUT2D eigenvalue weighted by atomic mass is 9.92. The molecule has 0 atom stereocenters. The Labute approximate surface area is 112 Å².